The number of hydrogen-bond acceptors (Lipinski definition) is 6. The van der Waals surface area contributed by atoms with E-state index in [2.05, 4.69) is 5.32 Å². The van der Waals surface area contributed by atoms with Gasteiger partial charge in [-0.15, -0.1) is 0 Å². The minimum atomic E-state index is -1.13. The van der Waals surface area contributed by atoms with Crippen molar-refractivity contribution >= 4 is 23.9 Å². The van der Waals surface area contributed by atoms with E-state index >= 15 is 0 Å². The third-order valence-corrected chi connectivity index (χ3v) is 7.16. The van der Waals surface area contributed by atoms with E-state index in [1.807, 2.05) is 58.0 Å². The molecule has 0 saturated carbocycles. The number of carbonyl (C=O) groups excluding carboxylic acids is 3. The molecule has 1 unspecified atom stereocenters. The van der Waals surface area contributed by atoms with Gasteiger partial charge >= 0.3 is 12.1 Å². The van der Waals surface area contributed by atoms with E-state index in [4.69, 9.17) is 9.47 Å². The summed E-state index contributed by atoms with van der Waals surface area (Å²) in [5, 5.41) is 12.2. The Hall–Kier alpha value is -3.40. The van der Waals surface area contributed by atoms with Gasteiger partial charge in [0.25, 0.3) is 0 Å². The molecule has 0 aromatic heterocycles. The third kappa shape index (κ3) is 9.59. The third-order valence-electron chi connectivity index (χ3n) is 7.16. The maximum absolute atomic E-state index is 14.1. The van der Waals surface area contributed by atoms with Gasteiger partial charge in [-0.05, 0) is 46.1 Å². The Kier molecular flexibility index (Phi) is 12.6. The monoisotopic (exact) mass is 575 g/mol. The molecule has 3 amide bonds. The molecule has 0 fully saturated rings. The average Bonchev–Trinajstić information content (AvgIpc) is 2.88. The van der Waals surface area contributed by atoms with Crippen molar-refractivity contribution in [2.45, 2.75) is 97.6 Å². The zero-order valence-electron chi connectivity index (χ0n) is 26.6. The van der Waals surface area contributed by atoms with Crippen LogP contribution in [0, 0.1) is 5.92 Å². The number of carboxylic acid groups (broad SMARTS) is 1. The van der Waals surface area contributed by atoms with Crippen LogP contribution in [-0.4, -0.2) is 89.8 Å². The van der Waals surface area contributed by atoms with Crippen LogP contribution in [0.4, 0.5) is 4.79 Å². The molecule has 230 valence electrons. The fraction of sp³-hybridized carbons (Fsp3) is 0.613. The summed E-state index contributed by atoms with van der Waals surface area (Å²) in [6.45, 7) is 15.8. The zero-order chi connectivity index (χ0) is 31.9. The summed E-state index contributed by atoms with van der Waals surface area (Å²) in [5.74, 6) is -2.23. The van der Waals surface area contributed by atoms with E-state index < -0.39 is 59.1 Å². The molecule has 2 N–H and O–H groups in total. The van der Waals surface area contributed by atoms with E-state index in [0.717, 1.165) is 5.56 Å². The highest BCUT2D eigenvalue weighted by Gasteiger charge is 2.45. The van der Waals surface area contributed by atoms with Crippen molar-refractivity contribution in [2.75, 3.05) is 21.2 Å². The van der Waals surface area contributed by atoms with E-state index in [1.54, 1.807) is 34.7 Å². The van der Waals surface area contributed by atoms with Crippen molar-refractivity contribution in [1.82, 2.24) is 15.1 Å². The Balaban J connectivity index is 3.56. The van der Waals surface area contributed by atoms with Gasteiger partial charge in [0, 0.05) is 32.2 Å². The molecule has 0 aliphatic carbocycles. The molecule has 1 aromatic carbocycles. The lowest BCUT2D eigenvalue weighted by molar-refractivity contribution is -0.142. The number of amides is 3. The summed E-state index contributed by atoms with van der Waals surface area (Å²) >= 11 is 0. The lowest BCUT2D eigenvalue weighted by atomic mass is 9.76. The smallest absolute Gasteiger partial charge is 0.410 e. The lowest BCUT2D eigenvalue weighted by Gasteiger charge is -2.41. The summed E-state index contributed by atoms with van der Waals surface area (Å²) in [4.78, 5) is 55.3. The number of aliphatic carboxylic acids is 1. The van der Waals surface area contributed by atoms with Gasteiger partial charge in [0.1, 0.15) is 17.7 Å². The zero-order valence-corrected chi connectivity index (χ0v) is 26.6. The van der Waals surface area contributed by atoms with Gasteiger partial charge < -0.3 is 24.8 Å². The fourth-order valence-electron chi connectivity index (χ4n) is 4.65. The molecular formula is C31H49N3O7. The maximum Gasteiger partial charge on any atom is 0.410 e. The Morgan fingerprint density at radius 2 is 1.49 bits per heavy atom. The molecule has 1 aromatic rings. The average molecular weight is 576 g/mol. The SMILES string of the molecule is COC(C)[C@H](NC(=O)[C@@H](N(C)C(=O)OC(C)(C)C)C(C)(C)c1ccccc1)C(=O)N(C)[C@H](/C=C(\C)C(=O)O)C(C)C. The highest BCUT2D eigenvalue weighted by molar-refractivity contribution is 5.93. The van der Waals surface area contributed by atoms with Crippen LogP contribution >= 0.6 is 0 Å². The predicted octanol–water partition coefficient (Wildman–Crippen LogP) is 4.23. The number of rotatable bonds is 12. The topological polar surface area (TPSA) is 125 Å². The van der Waals surface area contributed by atoms with Gasteiger partial charge in [0.05, 0.1) is 12.1 Å². The molecule has 0 spiro atoms. The summed E-state index contributed by atoms with van der Waals surface area (Å²) < 4.78 is 11.1. The van der Waals surface area contributed by atoms with Crippen LogP contribution in [-0.2, 0) is 29.3 Å². The van der Waals surface area contributed by atoms with E-state index in [1.165, 1.54) is 37.0 Å². The Morgan fingerprint density at radius 1 is 0.951 bits per heavy atom. The number of nitrogens with zero attached hydrogens (tertiary/aromatic N) is 2. The van der Waals surface area contributed by atoms with Crippen LogP contribution in [0.15, 0.2) is 42.0 Å². The molecule has 0 heterocycles. The second-order valence-corrected chi connectivity index (χ2v) is 12.3. The molecule has 10 heteroatoms. The van der Waals surface area contributed by atoms with E-state index in [0.29, 0.717) is 0 Å². The van der Waals surface area contributed by atoms with Crippen LogP contribution in [0.3, 0.4) is 0 Å². The Morgan fingerprint density at radius 3 is 1.93 bits per heavy atom. The van der Waals surface area contributed by atoms with Gasteiger partial charge in [-0.3, -0.25) is 14.5 Å². The summed E-state index contributed by atoms with van der Waals surface area (Å²) in [5.41, 5.74) is -0.770. The summed E-state index contributed by atoms with van der Waals surface area (Å²) in [6.07, 6.45) is 0.105. The van der Waals surface area contributed by atoms with Crippen LogP contribution in [0.2, 0.25) is 0 Å². The molecule has 0 radical (unpaired) electrons. The van der Waals surface area contributed by atoms with Crippen molar-refractivity contribution in [3.8, 4) is 0 Å². The van der Waals surface area contributed by atoms with Crippen LogP contribution in [0.5, 0.6) is 0 Å². The number of hydrogen-bond donors (Lipinski definition) is 2. The van der Waals surface area contributed by atoms with Gasteiger partial charge in [-0.2, -0.15) is 0 Å². The minimum Gasteiger partial charge on any atom is -0.478 e. The van der Waals surface area contributed by atoms with Crippen molar-refractivity contribution in [1.29, 1.82) is 0 Å². The maximum atomic E-state index is 14.1. The van der Waals surface area contributed by atoms with Crippen LogP contribution in [0.1, 0.15) is 67.9 Å². The standard InChI is InChI=1S/C31H49N3O7/c1-19(2)23(18-20(3)28(37)38)33(10)27(36)24(21(4)40-12)32-26(35)25(34(11)29(39)41-30(5,6)7)31(8,9)22-16-14-13-15-17-22/h13-19,21,23-25H,1-12H3,(H,32,35)(H,37,38)/b20-18+/t21?,23-,24+,25-/m1/s1. The van der Waals surface area contributed by atoms with Crippen molar-refractivity contribution in [2.24, 2.45) is 5.92 Å². The van der Waals surface area contributed by atoms with E-state index in [9.17, 15) is 24.3 Å². The molecule has 41 heavy (non-hydrogen) atoms. The Bertz CT molecular complexity index is 1090. The minimum absolute atomic E-state index is 0.104. The number of likely N-dealkylation sites (N-methyl/N-ethyl adjacent to an activating group) is 2. The molecule has 0 bridgehead atoms. The molecule has 0 saturated heterocycles. The number of methoxy groups -OCH3 is 1. The largest absolute Gasteiger partial charge is 0.478 e. The van der Waals surface area contributed by atoms with Crippen molar-refractivity contribution < 1.29 is 33.8 Å². The van der Waals surface area contributed by atoms with Crippen LogP contribution < -0.4 is 5.32 Å². The van der Waals surface area contributed by atoms with Gasteiger partial charge in [0.2, 0.25) is 11.8 Å². The number of carbonyl (C=O) groups is 4. The molecule has 10 nitrogen and oxygen atoms in total. The molecular weight excluding hydrogens is 526 g/mol. The molecule has 4 atom stereocenters. The lowest BCUT2D eigenvalue weighted by Crippen LogP contribution is -2.63. The number of benzene rings is 1. The van der Waals surface area contributed by atoms with Crippen molar-refractivity contribution in [3.63, 3.8) is 0 Å². The normalized spacial score (nSPS) is 15.4. The van der Waals surface area contributed by atoms with Crippen LogP contribution in [0.25, 0.3) is 0 Å². The first-order valence-electron chi connectivity index (χ1n) is 13.8. The molecule has 0 aliphatic heterocycles. The molecule has 0 aliphatic rings. The first-order valence-corrected chi connectivity index (χ1v) is 13.8. The highest BCUT2D eigenvalue weighted by atomic mass is 16.6. The highest BCUT2D eigenvalue weighted by Crippen LogP contribution is 2.31. The Labute approximate surface area is 245 Å². The number of nitrogens with one attached hydrogen (secondary N) is 1. The van der Waals surface area contributed by atoms with Gasteiger partial charge in [-0.25, -0.2) is 9.59 Å². The van der Waals surface area contributed by atoms with Crippen molar-refractivity contribution in [3.05, 3.63) is 47.5 Å². The molecule has 1 rings (SSSR count). The number of carboxylic acids is 1. The quantitative estimate of drug-likeness (QED) is 0.357. The summed E-state index contributed by atoms with van der Waals surface area (Å²) in [6, 6.07) is 6.58. The number of ether oxygens (including phenoxy) is 2. The van der Waals surface area contributed by atoms with Gasteiger partial charge in [0.15, 0.2) is 0 Å². The first kappa shape index (κ1) is 35.6. The second-order valence-electron chi connectivity index (χ2n) is 12.3. The van der Waals surface area contributed by atoms with Gasteiger partial charge in [-0.1, -0.05) is 64.1 Å². The summed E-state index contributed by atoms with van der Waals surface area (Å²) in [7, 11) is 4.50. The predicted molar refractivity (Wildman–Crippen MR) is 158 cm³/mol. The fourth-order valence-corrected chi connectivity index (χ4v) is 4.65. The van der Waals surface area contributed by atoms with E-state index in [-0.39, 0.29) is 11.5 Å². The first-order chi connectivity index (χ1) is 18.8. The second kappa shape index (κ2) is 14.5.